The van der Waals surface area contributed by atoms with Gasteiger partial charge in [0.1, 0.15) is 5.60 Å². The van der Waals surface area contributed by atoms with E-state index < -0.39 is 21.5 Å². The van der Waals surface area contributed by atoms with Gasteiger partial charge in [0, 0.05) is 26.2 Å². The summed E-state index contributed by atoms with van der Waals surface area (Å²) in [7, 11) is -2.93. The molecule has 1 atom stereocenters. The molecule has 0 unspecified atom stereocenters. The van der Waals surface area contributed by atoms with Gasteiger partial charge in [0.15, 0.2) is 9.84 Å². The Morgan fingerprint density at radius 3 is 2.43 bits per heavy atom. The van der Waals surface area contributed by atoms with E-state index >= 15 is 0 Å². The van der Waals surface area contributed by atoms with Crippen molar-refractivity contribution in [2.45, 2.75) is 47.1 Å². The Hall–Kier alpha value is -0.820. The van der Waals surface area contributed by atoms with Crippen LogP contribution in [0.3, 0.4) is 0 Å². The van der Waals surface area contributed by atoms with E-state index in [9.17, 15) is 13.2 Å². The van der Waals surface area contributed by atoms with E-state index in [2.05, 4.69) is 24.1 Å². The fourth-order valence-corrected chi connectivity index (χ4v) is 4.48. The Morgan fingerprint density at radius 2 is 1.87 bits per heavy atom. The molecule has 6 nitrogen and oxygen atoms in total. The summed E-state index contributed by atoms with van der Waals surface area (Å²) in [5, 5.41) is 2.81. The topological polar surface area (TPSA) is 75.7 Å². The van der Waals surface area contributed by atoms with Crippen LogP contribution in [0.25, 0.3) is 0 Å². The van der Waals surface area contributed by atoms with Gasteiger partial charge in [-0.15, -0.1) is 0 Å². The Labute approximate surface area is 140 Å². The second kappa shape index (κ2) is 7.38. The number of hydrogen-bond acceptors (Lipinski definition) is 5. The summed E-state index contributed by atoms with van der Waals surface area (Å²) < 4.78 is 28.9. The van der Waals surface area contributed by atoms with E-state index in [-0.39, 0.29) is 22.8 Å². The van der Waals surface area contributed by atoms with Crippen molar-refractivity contribution < 1.29 is 17.9 Å². The normalized spacial score (nSPS) is 23.1. The first-order valence-electron chi connectivity index (χ1n) is 8.18. The number of ether oxygens (including phenoxy) is 1. The number of carbonyl (C=O) groups is 1. The molecule has 0 aromatic rings. The minimum atomic E-state index is -2.93. The summed E-state index contributed by atoms with van der Waals surface area (Å²) in [4.78, 5) is 14.0. The molecule has 1 saturated heterocycles. The molecule has 0 spiro atoms. The van der Waals surface area contributed by atoms with E-state index in [1.807, 2.05) is 27.7 Å². The largest absolute Gasteiger partial charge is 0.444 e. The number of amides is 1. The van der Waals surface area contributed by atoms with Crippen molar-refractivity contribution in [3.63, 3.8) is 0 Å². The van der Waals surface area contributed by atoms with Crippen molar-refractivity contribution >= 4 is 15.9 Å². The van der Waals surface area contributed by atoms with E-state index in [0.717, 1.165) is 13.1 Å². The van der Waals surface area contributed by atoms with Gasteiger partial charge in [-0.1, -0.05) is 20.8 Å². The van der Waals surface area contributed by atoms with Crippen LogP contribution in [0.15, 0.2) is 0 Å². The van der Waals surface area contributed by atoms with Crippen molar-refractivity contribution in [3.05, 3.63) is 0 Å². The third kappa shape index (κ3) is 8.55. The highest BCUT2D eigenvalue weighted by Gasteiger charge is 2.29. The van der Waals surface area contributed by atoms with Crippen LogP contribution in [-0.2, 0) is 14.6 Å². The van der Waals surface area contributed by atoms with Crippen LogP contribution in [0.2, 0.25) is 0 Å². The van der Waals surface area contributed by atoms with Crippen molar-refractivity contribution in [1.82, 2.24) is 10.2 Å². The molecule has 0 radical (unpaired) electrons. The lowest BCUT2D eigenvalue weighted by atomic mass is 9.92. The third-order valence-corrected chi connectivity index (χ3v) is 5.47. The molecule has 1 rings (SSSR count). The molecular weight excluding hydrogens is 316 g/mol. The van der Waals surface area contributed by atoms with Gasteiger partial charge in [-0.3, -0.25) is 0 Å². The lowest BCUT2D eigenvalue weighted by Crippen LogP contribution is -2.44. The van der Waals surface area contributed by atoms with Crippen LogP contribution >= 0.6 is 0 Å². The lowest BCUT2D eigenvalue weighted by Gasteiger charge is -2.33. The predicted octanol–water partition coefficient (Wildman–Crippen LogP) is 1.90. The number of carbonyl (C=O) groups excluding carboxylic acids is 1. The quantitative estimate of drug-likeness (QED) is 0.840. The third-order valence-electron chi connectivity index (χ3n) is 3.59. The fraction of sp³-hybridized carbons (Fsp3) is 0.938. The molecule has 0 aliphatic carbocycles. The van der Waals surface area contributed by atoms with Crippen molar-refractivity contribution in [1.29, 1.82) is 0 Å². The maximum atomic E-state index is 11.8. The Morgan fingerprint density at radius 1 is 1.26 bits per heavy atom. The SMILES string of the molecule is C[C@@H]1CN(CC(C)(C)CNC(=O)OC(C)(C)C)CCS(=O)(=O)C1. The average molecular weight is 349 g/mol. The van der Waals surface area contributed by atoms with Crippen LogP contribution in [0.1, 0.15) is 41.5 Å². The van der Waals surface area contributed by atoms with Gasteiger partial charge in [-0.25, -0.2) is 13.2 Å². The highest BCUT2D eigenvalue weighted by atomic mass is 32.2. The number of nitrogens with one attached hydrogen (secondary N) is 1. The highest BCUT2D eigenvalue weighted by molar-refractivity contribution is 7.91. The smallest absolute Gasteiger partial charge is 0.407 e. The van der Waals surface area contributed by atoms with Gasteiger partial charge in [0.05, 0.1) is 11.5 Å². The molecular formula is C16H32N2O4S. The van der Waals surface area contributed by atoms with Crippen molar-refractivity contribution in [2.24, 2.45) is 11.3 Å². The van der Waals surface area contributed by atoms with Gasteiger partial charge >= 0.3 is 6.09 Å². The molecule has 1 aliphatic heterocycles. The van der Waals surface area contributed by atoms with Gasteiger partial charge in [-0.2, -0.15) is 0 Å². The number of alkyl carbamates (subject to hydrolysis) is 1. The first-order chi connectivity index (χ1) is 10.3. The molecule has 1 amide bonds. The number of hydrogen-bond donors (Lipinski definition) is 1. The molecule has 23 heavy (non-hydrogen) atoms. The number of sulfone groups is 1. The van der Waals surface area contributed by atoms with Crippen LogP contribution in [0.5, 0.6) is 0 Å². The summed E-state index contributed by atoms with van der Waals surface area (Å²) in [6.07, 6.45) is -0.419. The molecule has 136 valence electrons. The number of nitrogens with zero attached hydrogens (tertiary/aromatic N) is 1. The first-order valence-corrected chi connectivity index (χ1v) is 10.00. The molecule has 0 saturated carbocycles. The van der Waals surface area contributed by atoms with Crippen molar-refractivity contribution in [3.8, 4) is 0 Å². The average Bonchev–Trinajstić information content (AvgIpc) is 2.42. The maximum absolute atomic E-state index is 11.8. The van der Waals surface area contributed by atoms with Gasteiger partial charge < -0.3 is 15.0 Å². The molecule has 1 N–H and O–H groups in total. The maximum Gasteiger partial charge on any atom is 0.407 e. The standard InChI is InChI=1S/C16H32N2O4S/c1-13-9-18(7-8-23(20,21)10-13)12-16(5,6)11-17-14(19)22-15(2,3)4/h13H,7-12H2,1-6H3,(H,17,19)/t13-/m1/s1. The summed E-state index contributed by atoms with van der Waals surface area (Å²) in [5.74, 6) is 0.615. The minimum Gasteiger partial charge on any atom is -0.444 e. The summed E-state index contributed by atoms with van der Waals surface area (Å²) in [6.45, 7) is 14.1. The zero-order valence-corrected chi connectivity index (χ0v) is 16.1. The summed E-state index contributed by atoms with van der Waals surface area (Å²) in [5.41, 5.74) is -0.673. The molecule has 1 aliphatic rings. The van der Waals surface area contributed by atoms with E-state index in [4.69, 9.17) is 4.74 Å². The second-order valence-electron chi connectivity index (χ2n) is 8.47. The monoisotopic (exact) mass is 348 g/mol. The zero-order chi connectivity index (χ0) is 17.9. The Bertz CT molecular complexity index is 509. The number of rotatable bonds is 4. The van der Waals surface area contributed by atoms with E-state index in [1.54, 1.807) is 0 Å². The van der Waals surface area contributed by atoms with Gasteiger partial charge in [0.2, 0.25) is 0 Å². The van der Waals surface area contributed by atoms with Crippen LogP contribution in [0, 0.1) is 11.3 Å². The van der Waals surface area contributed by atoms with Crippen molar-refractivity contribution in [2.75, 3.05) is 37.7 Å². The second-order valence-corrected chi connectivity index (χ2v) is 10.7. The Kier molecular flexibility index (Phi) is 6.49. The fourth-order valence-electron chi connectivity index (χ4n) is 2.80. The predicted molar refractivity (Wildman–Crippen MR) is 92.3 cm³/mol. The zero-order valence-electron chi connectivity index (χ0n) is 15.3. The molecule has 7 heteroatoms. The highest BCUT2D eigenvalue weighted by Crippen LogP contribution is 2.19. The Balaban J connectivity index is 2.52. The molecule has 1 heterocycles. The molecule has 0 aromatic carbocycles. The van der Waals surface area contributed by atoms with Crippen LogP contribution < -0.4 is 5.32 Å². The lowest BCUT2D eigenvalue weighted by molar-refractivity contribution is 0.0494. The van der Waals surface area contributed by atoms with E-state index in [1.165, 1.54) is 0 Å². The summed E-state index contributed by atoms with van der Waals surface area (Å²) in [6, 6.07) is 0. The molecule has 0 aromatic heterocycles. The first kappa shape index (κ1) is 20.2. The van der Waals surface area contributed by atoms with E-state index in [0.29, 0.717) is 13.1 Å². The summed E-state index contributed by atoms with van der Waals surface area (Å²) >= 11 is 0. The van der Waals surface area contributed by atoms with Crippen LogP contribution in [-0.4, -0.2) is 62.7 Å². The molecule has 0 bridgehead atoms. The van der Waals surface area contributed by atoms with Gasteiger partial charge in [0.25, 0.3) is 0 Å². The molecule has 1 fully saturated rings. The van der Waals surface area contributed by atoms with Crippen LogP contribution in [0.4, 0.5) is 4.79 Å². The minimum absolute atomic E-state index is 0.136. The van der Waals surface area contributed by atoms with Gasteiger partial charge in [-0.05, 0) is 32.1 Å².